The summed E-state index contributed by atoms with van der Waals surface area (Å²) in [6.45, 7) is 7.00. The van der Waals surface area contributed by atoms with Crippen LogP contribution in [0.2, 0.25) is 0 Å². The molecule has 2 aromatic rings. The summed E-state index contributed by atoms with van der Waals surface area (Å²) in [5.41, 5.74) is 3.88. The molecule has 0 saturated heterocycles. The largest absolute Gasteiger partial charge is 0.458 e. The lowest BCUT2D eigenvalue weighted by Gasteiger charge is -2.05. The smallest absolute Gasteiger partial charge is 0.330 e. The predicted molar refractivity (Wildman–Crippen MR) is 98.6 cm³/mol. The molecule has 124 valence electrons. The summed E-state index contributed by atoms with van der Waals surface area (Å²) in [6, 6.07) is 15.6. The van der Waals surface area contributed by atoms with Crippen LogP contribution in [-0.4, -0.2) is 11.8 Å². The lowest BCUT2D eigenvalue weighted by Crippen LogP contribution is -1.99. The molecule has 2 aromatic carbocycles. The van der Waals surface area contributed by atoms with Gasteiger partial charge in [-0.3, -0.25) is 4.79 Å². The number of benzene rings is 2. The van der Waals surface area contributed by atoms with Crippen LogP contribution < -0.4 is 0 Å². The maximum Gasteiger partial charge on any atom is 0.330 e. The zero-order valence-electron chi connectivity index (χ0n) is 13.8. The third kappa shape index (κ3) is 5.63. The molecule has 0 radical (unpaired) electrons. The molecular weight excluding hydrogens is 312 g/mol. The fourth-order valence-corrected chi connectivity index (χ4v) is 2.06. The molecule has 0 amide bonds. The Hall–Kier alpha value is -3.38. The molecule has 0 heterocycles. The highest BCUT2D eigenvalue weighted by molar-refractivity contribution is 5.90. The second-order valence-corrected chi connectivity index (χ2v) is 5.24. The van der Waals surface area contributed by atoms with Gasteiger partial charge in [0.15, 0.2) is 5.78 Å². The lowest BCUT2D eigenvalue weighted by molar-refractivity contribution is -0.139. The Bertz CT molecular complexity index is 832. The first-order valence-corrected chi connectivity index (χ1v) is 7.75. The number of esters is 1. The van der Waals surface area contributed by atoms with E-state index >= 15 is 0 Å². The van der Waals surface area contributed by atoms with Gasteiger partial charge in [-0.15, -0.1) is 0 Å². The maximum absolute atomic E-state index is 11.1. The normalized spacial score (nSPS) is 9.44. The monoisotopic (exact) mass is 330 g/mol. The SMILES string of the molecule is C=CC(=O)CC#Cc1ccc(-c2ccc(COC(=O)C=C)cc2)cc1. The van der Waals surface area contributed by atoms with Crippen molar-refractivity contribution in [2.45, 2.75) is 13.0 Å². The molecule has 3 heteroatoms. The van der Waals surface area contributed by atoms with Crippen LogP contribution in [0.3, 0.4) is 0 Å². The van der Waals surface area contributed by atoms with Crippen molar-refractivity contribution in [3.05, 3.63) is 85.0 Å². The number of hydrogen-bond acceptors (Lipinski definition) is 3. The van der Waals surface area contributed by atoms with Crippen molar-refractivity contribution in [3.63, 3.8) is 0 Å². The number of hydrogen-bond donors (Lipinski definition) is 0. The average molecular weight is 330 g/mol. The van der Waals surface area contributed by atoms with Gasteiger partial charge in [0, 0.05) is 11.6 Å². The second-order valence-electron chi connectivity index (χ2n) is 5.24. The summed E-state index contributed by atoms with van der Waals surface area (Å²) in [7, 11) is 0. The van der Waals surface area contributed by atoms with Crippen LogP contribution in [-0.2, 0) is 20.9 Å². The van der Waals surface area contributed by atoms with Gasteiger partial charge in [-0.2, -0.15) is 0 Å². The van der Waals surface area contributed by atoms with Crippen molar-refractivity contribution in [2.24, 2.45) is 0 Å². The van der Waals surface area contributed by atoms with Gasteiger partial charge in [-0.1, -0.05) is 61.4 Å². The number of ether oxygens (including phenoxy) is 1. The topological polar surface area (TPSA) is 43.4 Å². The van der Waals surface area contributed by atoms with E-state index in [2.05, 4.69) is 25.0 Å². The minimum Gasteiger partial charge on any atom is -0.458 e. The van der Waals surface area contributed by atoms with Crippen LogP contribution in [0, 0.1) is 11.8 Å². The molecule has 0 aromatic heterocycles. The van der Waals surface area contributed by atoms with Gasteiger partial charge in [0.05, 0.1) is 6.42 Å². The minimum absolute atomic E-state index is 0.0806. The Morgan fingerprint density at radius 1 is 0.920 bits per heavy atom. The molecule has 0 fully saturated rings. The molecule has 0 aliphatic heterocycles. The Balaban J connectivity index is 2.01. The highest BCUT2D eigenvalue weighted by atomic mass is 16.5. The molecule has 2 rings (SSSR count). The summed E-state index contributed by atoms with van der Waals surface area (Å²) in [5, 5.41) is 0. The van der Waals surface area contributed by atoms with E-state index in [0.717, 1.165) is 28.3 Å². The molecule has 0 aliphatic carbocycles. The number of rotatable bonds is 6. The lowest BCUT2D eigenvalue weighted by atomic mass is 10.0. The first kappa shape index (κ1) is 18.0. The summed E-state index contributed by atoms with van der Waals surface area (Å²) in [6.07, 6.45) is 2.61. The number of allylic oxidation sites excluding steroid dienone is 1. The van der Waals surface area contributed by atoms with Crippen LogP contribution in [0.5, 0.6) is 0 Å². The Labute approximate surface area is 147 Å². The van der Waals surface area contributed by atoms with E-state index in [1.54, 1.807) is 0 Å². The van der Waals surface area contributed by atoms with E-state index in [4.69, 9.17) is 4.74 Å². The third-order valence-corrected chi connectivity index (χ3v) is 3.44. The highest BCUT2D eigenvalue weighted by Gasteiger charge is 2.01. The molecule has 0 spiro atoms. The maximum atomic E-state index is 11.1. The van der Waals surface area contributed by atoms with Crippen molar-refractivity contribution < 1.29 is 14.3 Å². The van der Waals surface area contributed by atoms with Gasteiger partial charge >= 0.3 is 5.97 Å². The van der Waals surface area contributed by atoms with Gasteiger partial charge in [0.2, 0.25) is 0 Å². The standard InChI is InChI=1S/C22H18O3/c1-3-21(23)7-5-6-17-8-12-19(13-9-17)20-14-10-18(11-15-20)16-25-22(24)4-2/h3-4,8-15H,1-2,7,16H2. The number of carbonyl (C=O) groups excluding carboxylic acids is 2. The van der Waals surface area contributed by atoms with E-state index in [9.17, 15) is 9.59 Å². The van der Waals surface area contributed by atoms with Crippen LogP contribution >= 0.6 is 0 Å². The van der Waals surface area contributed by atoms with Gasteiger partial charge in [0.1, 0.15) is 6.61 Å². The van der Waals surface area contributed by atoms with Crippen molar-refractivity contribution in [1.29, 1.82) is 0 Å². The van der Waals surface area contributed by atoms with E-state index in [1.807, 2.05) is 48.5 Å². The summed E-state index contributed by atoms with van der Waals surface area (Å²) >= 11 is 0. The van der Waals surface area contributed by atoms with Crippen LogP contribution in [0.4, 0.5) is 0 Å². The molecular formula is C22H18O3. The van der Waals surface area contributed by atoms with Crippen molar-refractivity contribution in [2.75, 3.05) is 0 Å². The zero-order valence-corrected chi connectivity index (χ0v) is 13.8. The van der Waals surface area contributed by atoms with Crippen molar-refractivity contribution in [1.82, 2.24) is 0 Å². The first-order chi connectivity index (χ1) is 12.1. The molecule has 3 nitrogen and oxygen atoms in total. The molecule has 0 bridgehead atoms. The average Bonchev–Trinajstić information content (AvgIpc) is 2.67. The van der Waals surface area contributed by atoms with Crippen LogP contribution in [0.25, 0.3) is 11.1 Å². The van der Waals surface area contributed by atoms with Gasteiger partial charge in [-0.25, -0.2) is 4.79 Å². The van der Waals surface area contributed by atoms with Crippen LogP contribution in [0.15, 0.2) is 73.8 Å². The fraction of sp³-hybridized carbons (Fsp3) is 0.0909. The summed E-state index contributed by atoms with van der Waals surface area (Å²) in [4.78, 5) is 22.2. The van der Waals surface area contributed by atoms with Crippen molar-refractivity contribution >= 4 is 11.8 Å². The number of carbonyl (C=O) groups is 2. The Kier molecular flexibility index (Phi) is 6.50. The number of ketones is 1. The highest BCUT2D eigenvalue weighted by Crippen LogP contribution is 2.20. The van der Waals surface area contributed by atoms with E-state index < -0.39 is 5.97 Å². The summed E-state index contributed by atoms with van der Waals surface area (Å²) < 4.78 is 5.00. The molecule has 25 heavy (non-hydrogen) atoms. The predicted octanol–water partition coefficient (Wildman–Crippen LogP) is 4.08. The molecule has 0 aliphatic rings. The van der Waals surface area contributed by atoms with E-state index in [0.29, 0.717) is 0 Å². The van der Waals surface area contributed by atoms with Gasteiger partial charge < -0.3 is 4.74 Å². The van der Waals surface area contributed by atoms with Crippen molar-refractivity contribution in [3.8, 4) is 23.0 Å². The molecule has 0 N–H and O–H groups in total. The first-order valence-electron chi connectivity index (χ1n) is 7.75. The minimum atomic E-state index is -0.435. The van der Waals surface area contributed by atoms with Crippen LogP contribution in [0.1, 0.15) is 17.5 Å². The van der Waals surface area contributed by atoms with E-state index in [-0.39, 0.29) is 18.8 Å². The molecule has 0 unspecified atom stereocenters. The zero-order chi connectivity index (χ0) is 18.1. The third-order valence-electron chi connectivity index (χ3n) is 3.44. The Morgan fingerprint density at radius 2 is 1.52 bits per heavy atom. The van der Waals surface area contributed by atoms with Gasteiger partial charge in [0.25, 0.3) is 0 Å². The fourth-order valence-electron chi connectivity index (χ4n) is 2.06. The second kappa shape index (κ2) is 9.05. The summed E-state index contributed by atoms with van der Waals surface area (Å²) in [5.74, 6) is 5.27. The molecule has 0 atom stereocenters. The van der Waals surface area contributed by atoms with Gasteiger partial charge in [-0.05, 0) is 34.9 Å². The Morgan fingerprint density at radius 3 is 2.08 bits per heavy atom. The molecule has 0 saturated carbocycles. The quantitative estimate of drug-likeness (QED) is 0.455. The van der Waals surface area contributed by atoms with E-state index in [1.165, 1.54) is 6.08 Å².